The SMILES string of the molecule is Cc1nn(C)c(Oc2cccc(CO)c2)c1C(=N)N. The van der Waals surface area contributed by atoms with Crippen molar-refractivity contribution in [1.29, 1.82) is 5.41 Å². The molecule has 2 rings (SSSR count). The topological polar surface area (TPSA) is 97.1 Å². The van der Waals surface area contributed by atoms with Crippen molar-refractivity contribution < 1.29 is 9.84 Å². The molecule has 6 heteroatoms. The van der Waals surface area contributed by atoms with Gasteiger partial charge in [-0.15, -0.1) is 0 Å². The van der Waals surface area contributed by atoms with Crippen LogP contribution in [0.1, 0.15) is 16.8 Å². The van der Waals surface area contributed by atoms with Gasteiger partial charge in [-0.3, -0.25) is 5.41 Å². The maximum Gasteiger partial charge on any atom is 0.228 e. The Morgan fingerprint density at radius 3 is 2.89 bits per heavy atom. The van der Waals surface area contributed by atoms with Crippen LogP contribution < -0.4 is 10.5 Å². The van der Waals surface area contributed by atoms with E-state index in [1.165, 1.54) is 4.68 Å². The van der Waals surface area contributed by atoms with Crippen LogP contribution in [-0.4, -0.2) is 20.7 Å². The first-order chi connectivity index (χ1) is 9.02. The van der Waals surface area contributed by atoms with Crippen LogP contribution in [0.15, 0.2) is 24.3 Å². The van der Waals surface area contributed by atoms with E-state index < -0.39 is 0 Å². The summed E-state index contributed by atoms with van der Waals surface area (Å²) in [5.41, 5.74) is 7.42. The van der Waals surface area contributed by atoms with Gasteiger partial charge in [-0.25, -0.2) is 4.68 Å². The number of rotatable bonds is 4. The molecular formula is C13H16N4O2. The number of aliphatic hydroxyl groups is 1. The molecular weight excluding hydrogens is 244 g/mol. The van der Waals surface area contributed by atoms with Crippen LogP contribution in [0, 0.1) is 12.3 Å². The molecule has 0 aliphatic rings. The van der Waals surface area contributed by atoms with Gasteiger partial charge in [0, 0.05) is 7.05 Å². The molecule has 0 unspecified atom stereocenters. The number of aromatic nitrogens is 2. The normalized spacial score (nSPS) is 10.5. The number of nitrogen functional groups attached to an aromatic ring is 1. The Labute approximate surface area is 110 Å². The van der Waals surface area contributed by atoms with Gasteiger partial charge in [-0.2, -0.15) is 5.10 Å². The Hall–Kier alpha value is -2.34. The zero-order valence-electron chi connectivity index (χ0n) is 10.8. The minimum atomic E-state index is -0.0843. The van der Waals surface area contributed by atoms with E-state index in [0.717, 1.165) is 5.56 Å². The summed E-state index contributed by atoms with van der Waals surface area (Å²) in [7, 11) is 1.73. The molecule has 0 atom stereocenters. The van der Waals surface area contributed by atoms with E-state index >= 15 is 0 Å². The van der Waals surface area contributed by atoms with Crippen molar-refractivity contribution in [3.63, 3.8) is 0 Å². The molecule has 100 valence electrons. The fourth-order valence-electron chi connectivity index (χ4n) is 1.88. The molecule has 0 fully saturated rings. The molecule has 19 heavy (non-hydrogen) atoms. The molecule has 6 nitrogen and oxygen atoms in total. The van der Waals surface area contributed by atoms with Crippen molar-refractivity contribution in [2.45, 2.75) is 13.5 Å². The van der Waals surface area contributed by atoms with E-state index in [9.17, 15) is 0 Å². The predicted octanol–water partition coefficient (Wildman–Crippen LogP) is 1.30. The summed E-state index contributed by atoms with van der Waals surface area (Å²) in [5, 5.41) is 20.9. The highest BCUT2D eigenvalue weighted by atomic mass is 16.5. The van der Waals surface area contributed by atoms with Gasteiger partial charge in [0.05, 0.1) is 12.3 Å². The van der Waals surface area contributed by atoms with Crippen LogP contribution in [0.25, 0.3) is 0 Å². The Bertz CT molecular complexity index is 619. The number of hydrogen-bond donors (Lipinski definition) is 3. The molecule has 0 saturated heterocycles. The Morgan fingerprint density at radius 2 is 2.26 bits per heavy atom. The minimum Gasteiger partial charge on any atom is -0.438 e. The summed E-state index contributed by atoms with van der Waals surface area (Å²) in [6.45, 7) is 1.72. The lowest BCUT2D eigenvalue weighted by Crippen LogP contribution is -2.13. The van der Waals surface area contributed by atoms with Crippen LogP contribution in [0.4, 0.5) is 0 Å². The number of hydrogen-bond acceptors (Lipinski definition) is 4. The van der Waals surface area contributed by atoms with Crippen LogP contribution in [0.2, 0.25) is 0 Å². The molecule has 0 spiro atoms. The molecule has 0 radical (unpaired) electrons. The number of amidine groups is 1. The van der Waals surface area contributed by atoms with Crippen molar-refractivity contribution >= 4 is 5.84 Å². The van der Waals surface area contributed by atoms with Crippen LogP contribution in [0.5, 0.6) is 11.6 Å². The molecule has 0 aliphatic heterocycles. The number of benzene rings is 1. The molecule has 0 bridgehead atoms. The standard InChI is InChI=1S/C13H16N4O2/c1-8-11(12(14)15)13(17(2)16-8)19-10-5-3-4-9(6-10)7-18/h3-6,18H,7H2,1-2H3,(H3,14,15). The maximum atomic E-state index is 9.10. The first-order valence-electron chi connectivity index (χ1n) is 5.78. The molecule has 0 saturated carbocycles. The Balaban J connectivity index is 2.40. The average molecular weight is 260 g/mol. The molecule has 1 heterocycles. The largest absolute Gasteiger partial charge is 0.438 e. The fraction of sp³-hybridized carbons (Fsp3) is 0.231. The summed E-state index contributed by atoms with van der Waals surface area (Å²) >= 11 is 0. The lowest BCUT2D eigenvalue weighted by molar-refractivity contribution is 0.281. The second-order valence-electron chi connectivity index (χ2n) is 4.21. The number of nitrogens with two attached hydrogens (primary N) is 1. The lowest BCUT2D eigenvalue weighted by atomic mass is 10.2. The van der Waals surface area contributed by atoms with Gasteiger partial charge >= 0.3 is 0 Å². The third-order valence-electron chi connectivity index (χ3n) is 2.73. The smallest absolute Gasteiger partial charge is 0.228 e. The quantitative estimate of drug-likeness (QED) is 0.570. The number of nitrogens with one attached hydrogen (secondary N) is 1. The van der Waals surface area contributed by atoms with Crippen molar-refractivity contribution in [3.8, 4) is 11.6 Å². The Kier molecular flexibility index (Phi) is 3.52. The maximum absolute atomic E-state index is 9.10. The third kappa shape index (κ3) is 2.58. The van der Waals surface area contributed by atoms with Crippen molar-refractivity contribution in [2.24, 2.45) is 12.8 Å². The zero-order chi connectivity index (χ0) is 14.0. The highest BCUT2D eigenvalue weighted by molar-refractivity contribution is 5.98. The number of aryl methyl sites for hydroxylation is 2. The monoisotopic (exact) mass is 260 g/mol. The first kappa shape index (κ1) is 13.1. The van der Waals surface area contributed by atoms with Gasteiger partial charge in [0.1, 0.15) is 17.1 Å². The number of ether oxygens (including phenoxy) is 1. The summed E-state index contributed by atoms with van der Waals surface area (Å²) in [4.78, 5) is 0. The third-order valence-corrected chi connectivity index (χ3v) is 2.73. The van der Waals surface area contributed by atoms with E-state index in [1.54, 1.807) is 38.2 Å². The average Bonchev–Trinajstić information content (AvgIpc) is 2.64. The summed E-state index contributed by atoms with van der Waals surface area (Å²) in [6.07, 6.45) is 0. The van der Waals surface area contributed by atoms with Gasteiger partial charge in [0.2, 0.25) is 5.88 Å². The highest BCUT2D eigenvalue weighted by Gasteiger charge is 2.17. The second kappa shape index (κ2) is 5.11. The van der Waals surface area contributed by atoms with Gasteiger partial charge < -0.3 is 15.6 Å². The highest BCUT2D eigenvalue weighted by Crippen LogP contribution is 2.27. The van der Waals surface area contributed by atoms with Crippen molar-refractivity contribution in [1.82, 2.24) is 9.78 Å². The number of aliphatic hydroxyl groups excluding tert-OH is 1. The summed E-state index contributed by atoms with van der Waals surface area (Å²) in [5.74, 6) is 0.899. The molecule has 0 aliphatic carbocycles. The van der Waals surface area contributed by atoms with Gasteiger partial charge in [-0.05, 0) is 24.6 Å². The van der Waals surface area contributed by atoms with E-state index in [-0.39, 0.29) is 12.4 Å². The van der Waals surface area contributed by atoms with Crippen LogP contribution >= 0.6 is 0 Å². The fourth-order valence-corrected chi connectivity index (χ4v) is 1.88. The summed E-state index contributed by atoms with van der Waals surface area (Å²) < 4.78 is 7.27. The minimum absolute atomic E-state index is 0.0544. The van der Waals surface area contributed by atoms with Gasteiger partial charge in [0.25, 0.3) is 0 Å². The van der Waals surface area contributed by atoms with Gasteiger partial charge in [-0.1, -0.05) is 12.1 Å². The van der Waals surface area contributed by atoms with E-state index in [0.29, 0.717) is 22.9 Å². The van der Waals surface area contributed by atoms with Crippen LogP contribution in [-0.2, 0) is 13.7 Å². The number of nitrogens with zero attached hydrogens (tertiary/aromatic N) is 2. The second-order valence-corrected chi connectivity index (χ2v) is 4.21. The lowest BCUT2D eigenvalue weighted by Gasteiger charge is -2.09. The van der Waals surface area contributed by atoms with Crippen LogP contribution in [0.3, 0.4) is 0 Å². The van der Waals surface area contributed by atoms with Crippen molar-refractivity contribution in [2.75, 3.05) is 0 Å². The van der Waals surface area contributed by atoms with Crippen molar-refractivity contribution in [3.05, 3.63) is 41.1 Å². The predicted molar refractivity (Wildman–Crippen MR) is 71.4 cm³/mol. The zero-order valence-corrected chi connectivity index (χ0v) is 10.8. The first-order valence-corrected chi connectivity index (χ1v) is 5.78. The van der Waals surface area contributed by atoms with E-state index in [4.69, 9.17) is 21.0 Å². The Morgan fingerprint density at radius 1 is 1.53 bits per heavy atom. The van der Waals surface area contributed by atoms with Gasteiger partial charge in [0.15, 0.2) is 0 Å². The van der Waals surface area contributed by atoms with E-state index in [2.05, 4.69) is 5.10 Å². The molecule has 2 aromatic rings. The molecule has 0 amide bonds. The molecule has 1 aromatic carbocycles. The molecule has 1 aromatic heterocycles. The summed E-state index contributed by atoms with van der Waals surface area (Å²) in [6, 6.07) is 7.09. The molecule has 4 N–H and O–H groups in total. The van der Waals surface area contributed by atoms with E-state index in [1.807, 2.05) is 0 Å².